The molecule has 1 aliphatic carbocycles. The van der Waals surface area contributed by atoms with Gasteiger partial charge < -0.3 is 21.5 Å². The van der Waals surface area contributed by atoms with Crippen molar-refractivity contribution in [2.24, 2.45) is 11.7 Å². The van der Waals surface area contributed by atoms with E-state index in [-0.39, 0.29) is 12.5 Å². The topological polar surface area (TPSA) is 122 Å². The number of anilines is 1. The van der Waals surface area contributed by atoms with Crippen LogP contribution in [0.4, 0.5) is 5.69 Å². The summed E-state index contributed by atoms with van der Waals surface area (Å²) in [7, 11) is 0. The van der Waals surface area contributed by atoms with Gasteiger partial charge in [-0.1, -0.05) is 37.5 Å². The van der Waals surface area contributed by atoms with E-state index in [4.69, 9.17) is 10.8 Å². The highest BCUT2D eigenvalue weighted by Crippen LogP contribution is 2.28. The van der Waals surface area contributed by atoms with Crippen molar-refractivity contribution in [3.63, 3.8) is 0 Å². The zero-order valence-corrected chi connectivity index (χ0v) is 20.2. The van der Waals surface area contributed by atoms with E-state index < -0.39 is 24.3 Å². The van der Waals surface area contributed by atoms with Crippen molar-refractivity contribution in [1.29, 1.82) is 0 Å². The Morgan fingerprint density at radius 3 is 2.08 bits per heavy atom. The van der Waals surface area contributed by atoms with Gasteiger partial charge in [0.25, 0.3) is 5.91 Å². The van der Waals surface area contributed by atoms with Crippen LogP contribution in [0.15, 0.2) is 48.5 Å². The number of hydrogen-bond acceptors (Lipinski definition) is 5. The van der Waals surface area contributed by atoms with Gasteiger partial charge in [-0.15, -0.1) is 0 Å². The Labute approximate surface area is 211 Å². The number of ketones is 1. The van der Waals surface area contributed by atoms with E-state index in [9.17, 15) is 14.4 Å². The Kier molecular flexibility index (Phi) is 10.3. The van der Waals surface area contributed by atoms with E-state index in [0.29, 0.717) is 23.5 Å². The largest absolute Gasteiger partial charge is 0.388 e. The van der Waals surface area contributed by atoms with Crippen molar-refractivity contribution in [3.8, 4) is 23.7 Å². The highest BCUT2D eigenvalue weighted by atomic mass is 16.3. The normalized spacial score (nSPS) is 13.5. The molecule has 0 heterocycles. The molecule has 0 saturated heterocycles. The van der Waals surface area contributed by atoms with Crippen molar-refractivity contribution in [3.05, 3.63) is 65.2 Å². The first-order valence-electron chi connectivity index (χ1n) is 12.1. The fourth-order valence-corrected chi connectivity index (χ4v) is 4.03. The smallest absolute Gasteiger partial charge is 0.251 e. The first-order chi connectivity index (χ1) is 17.5. The molecule has 3 rings (SSSR count). The lowest BCUT2D eigenvalue weighted by Crippen LogP contribution is -2.46. The van der Waals surface area contributed by atoms with Crippen LogP contribution in [-0.4, -0.2) is 41.9 Å². The van der Waals surface area contributed by atoms with Crippen LogP contribution in [0.2, 0.25) is 0 Å². The number of nitrogens with one attached hydrogen (secondary N) is 2. The lowest BCUT2D eigenvalue weighted by Gasteiger charge is -2.14. The van der Waals surface area contributed by atoms with Crippen molar-refractivity contribution in [2.45, 2.75) is 44.6 Å². The summed E-state index contributed by atoms with van der Waals surface area (Å²) in [6, 6.07) is 12.9. The van der Waals surface area contributed by atoms with Crippen LogP contribution in [0.1, 0.15) is 60.0 Å². The molecule has 0 spiro atoms. The minimum atomic E-state index is -0.927. The molecule has 1 saturated carbocycles. The van der Waals surface area contributed by atoms with Crippen LogP contribution in [0.5, 0.6) is 0 Å². The zero-order valence-electron chi connectivity index (χ0n) is 20.2. The Balaban J connectivity index is 1.48. The number of nitrogens with two attached hydrogens (primary N) is 1. The van der Waals surface area contributed by atoms with E-state index in [0.717, 1.165) is 17.7 Å². The second kappa shape index (κ2) is 13.8. The molecule has 7 nitrogen and oxygen atoms in total. The summed E-state index contributed by atoms with van der Waals surface area (Å²) in [4.78, 5) is 35.9. The Morgan fingerprint density at radius 1 is 0.944 bits per heavy atom. The SMILES string of the molecule is NC[C@H](NC(=O)c1ccc(C#CC#Cc2ccc(NC(=O)CCC3CCCC3)cc2)cc1)C(=O)CO. The van der Waals surface area contributed by atoms with E-state index in [1.165, 1.54) is 25.7 Å². The van der Waals surface area contributed by atoms with Crippen LogP contribution in [-0.2, 0) is 9.59 Å². The van der Waals surface area contributed by atoms with Crippen LogP contribution >= 0.6 is 0 Å². The fraction of sp³-hybridized carbons (Fsp3) is 0.345. The molecule has 5 N–H and O–H groups in total. The Morgan fingerprint density at radius 2 is 1.53 bits per heavy atom. The summed E-state index contributed by atoms with van der Waals surface area (Å²) in [6.07, 6.45) is 6.59. The molecule has 2 amide bonds. The van der Waals surface area contributed by atoms with E-state index >= 15 is 0 Å². The molecule has 2 aromatic carbocycles. The maximum absolute atomic E-state index is 12.3. The van der Waals surface area contributed by atoms with Gasteiger partial charge in [-0.05, 0) is 72.7 Å². The number of amides is 2. The number of benzene rings is 2. The summed E-state index contributed by atoms with van der Waals surface area (Å²) in [5.74, 6) is 11.2. The zero-order chi connectivity index (χ0) is 25.8. The minimum Gasteiger partial charge on any atom is -0.388 e. The molecule has 7 heteroatoms. The van der Waals surface area contributed by atoms with Gasteiger partial charge in [-0.25, -0.2) is 0 Å². The molecular formula is C29H31N3O4. The molecule has 0 radical (unpaired) electrons. The molecule has 0 aromatic heterocycles. The van der Waals surface area contributed by atoms with Crippen LogP contribution in [0, 0.1) is 29.6 Å². The Hall–Kier alpha value is -3.91. The van der Waals surface area contributed by atoms with Gasteiger partial charge in [-0.2, -0.15) is 0 Å². The number of aliphatic hydroxyl groups is 1. The number of Topliss-reactive ketones (excluding diaryl/α,β-unsaturated/α-hetero) is 1. The van der Waals surface area contributed by atoms with Crippen LogP contribution < -0.4 is 16.4 Å². The lowest BCUT2D eigenvalue weighted by molar-refractivity contribution is -0.123. The van der Waals surface area contributed by atoms with Gasteiger partial charge >= 0.3 is 0 Å². The van der Waals surface area contributed by atoms with Gasteiger partial charge in [0.2, 0.25) is 5.91 Å². The van der Waals surface area contributed by atoms with Crippen molar-refractivity contribution < 1.29 is 19.5 Å². The molecule has 2 aromatic rings. The highest BCUT2D eigenvalue weighted by molar-refractivity contribution is 5.98. The van der Waals surface area contributed by atoms with Crippen LogP contribution in [0.3, 0.4) is 0 Å². The molecule has 186 valence electrons. The summed E-state index contributed by atoms with van der Waals surface area (Å²) in [5.41, 5.74) is 8.04. The second-order valence-electron chi connectivity index (χ2n) is 8.78. The summed E-state index contributed by atoms with van der Waals surface area (Å²) < 4.78 is 0. The predicted molar refractivity (Wildman–Crippen MR) is 139 cm³/mol. The van der Waals surface area contributed by atoms with Crippen molar-refractivity contribution >= 4 is 23.3 Å². The first kappa shape index (κ1) is 26.7. The minimum absolute atomic E-state index is 0.0490. The monoisotopic (exact) mass is 485 g/mol. The van der Waals surface area contributed by atoms with E-state index in [1.54, 1.807) is 24.3 Å². The highest BCUT2D eigenvalue weighted by Gasteiger charge is 2.19. The fourth-order valence-electron chi connectivity index (χ4n) is 4.03. The molecule has 1 fully saturated rings. The predicted octanol–water partition coefficient (Wildman–Crippen LogP) is 2.62. The van der Waals surface area contributed by atoms with Gasteiger partial charge in [0.15, 0.2) is 5.78 Å². The van der Waals surface area contributed by atoms with Gasteiger partial charge in [-0.3, -0.25) is 14.4 Å². The molecule has 36 heavy (non-hydrogen) atoms. The maximum atomic E-state index is 12.3. The standard InChI is InChI=1S/C29H31N3O4/c30-19-26(27(34)20-33)32-29(36)24-14-9-22(10-15-24)7-3-4-8-23-11-16-25(17-12-23)31-28(35)18-13-21-5-1-2-6-21/h9-12,14-17,21,26,33H,1-2,5-6,13,18-20,30H2,(H,31,35)(H,32,36)/t26-/m0/s1. The number of rotatable bonds is 9. The van der Waals surface area contributed by atoms with Crippen molar-refractivity contribution in [2.75, 3.05) is 18.5 Å². The lowest BCUT2D eigenvalue weighted by atomic mass is 10.0. The summed E-state index contributed by atoms with van der Waals surface area (Å²) >= 11 is 0. The third-order valence-electron chi connectivity index (χ3n) is 6.13. The van der Waals surface area contributed by atoms with E-state index in [2.05, 4.69) is 34.3 Å². The molecular weight excluding hydrogens is 454 g/mol. The molecule has 0 unspecified atom stereocenters. The summed E-state index contributed by atoms with van der Waals surface area (Å²) in [5, 5.41) is 14.4. The number of carbonyl (C=O) groups excluding carboxylic acids is 3. The third-order valence-corrected chi connectivity index (χ3v) is 6.13. The van der Waals surface area contributed by atoms with Crippen molar-refractivity contribution in [1.82, 2.24) is 5.32 Å². The molecule has 0 bridgehead atoms. The third kappa shape index (κ3) is 8.39. The van der Waals surface area contributed by atoms with Gasteiger partial charge in [0, 0.05) is 35.3 Å². The summed E-state index contributed by atoms with van der Waals surface area (Å²) in [6.45, 7) is -0.774. The van der Waals surface area contributed by atoms with Gasteiger partial charge in [0.1, 0.15) is 12.6 Å². The Bertz CT molecular complexity index is 1180. The van der Waals surface area contributed by atoms with E-state index in [1.807, 2.05) is 24.3 Å². The average molecular weight is 486 g/mol. The number of aliphatic hydroxyl groups excluding tert-OH is 1. The number of carbonyl (C=O) groups is 3. The first-order valence-corrected chi connectivity index (χ1v) is 12.1. The quantitative estimate of drug-likeness (QED) is 0.407. The molecule has 0 aliphatic heterocycles. The maximum Gasteiger partial charge on any atom is 0.251 e. The number of hydrogen-bond donors (Lipinski definition) is 4. The second-order valence-corrected chi connectivity index (χ2v) is 8.78. The molecule has 1 atom stereocenters. The molecule has 1 aliphatic rings. The van der Waals surface area contributed by atoms with Crippen LogP contribution in [0.25, 0.3) is 0 Å². The van der Waals surface area contributed by atoms with Gasteiger partial charge in [0.05, 0.1) is 0 Å². The average Bonchev–Trinajstić information content (AvgIpc) is 3.43.